The van der Waals surface area contributed by atoms with Crippen molar-refractivity contribution in [2.75, 3.05) is 23.4 Å². The summed E-state index contributed by atoms with van der Waals surface area (Å²) < 4.78 is 0. The molecule has 0 aromatic carbocycles. The molecule has 0 aliphatic heterocycles. The molecule has 2 aromatic rings. The maximum absolute atomic E-state index is 5.59. The molecular weight excluding hydrogens is 230 g/mol. The van der Waals surface area contributed by atoms with Gasteiger partial charge in [-0.25, -0.2) is 0 Å². The van der Waals surface area contributed by atoms with Crippen molar-refractivity contribution in [1.29, 1.82) is 0 Å². The Morgan fingerprint density at radius 2 is 1.94 bits per heavy atom. The largest absolute Gasteiger partial charge is 0.373 e. The summed E-state index contributed by atoms with van der Waals surface area (Å²) in [6.07, 6.45) is 3.45. The van der Waals surface area contributed by atoms with E-state index in [2.05, 4.69) is 30.6 Å². The highest BCUT2D eigenvalue weighted by molar-refractivity contribution is 5.50. The predicted molar refractivity (Wildman–Crippen MR) is 70.1 cm³/mol. The quantitative estimate of drug-likeness (QED) is 0.732. The van der Waals surface area contributed by atoms with E-state index in [4.69, 9.17) is 5.73 Å². The van der Waals surface area contributed by atoms with Gasteiger partial charge in [0.15, 0.2) is 0 Å². The number of nitrogens with one attached hydrogen (secondary N) is 2. The molecule has 7 nitrogen and oxygen atoms in total. The van der Waals surface area contributed by atoms with Gasteiger partial charge in [-0.2, -0.15) is 9.97 Å². The normalized spacial score (nSPS) is 10.1. The van der Waals surface area contributed by atoms with Gasteiger partial charge in [-0.15, -0.1) is 0 Å². The van der Waals surface area contributed by atoms with Crippen LogP contribution < -0.4 is 16.4 Å². The van der Waals surface area contributed by atoms with Crippen LogP contribution in [0.1, 0.15) is 11.4 Å². The topological polar surface area (TPSA) is 102 Å². The van der Waals surface area contributed by atoms with E-state index in [0.717, 1.165) is 11.4 Å². The lowest BCUT2D eigenvalue weighted by Gasteiger charge is -2.07. The van der Waals surface area contributed by atoms with Crippen LogP contribution in [-0.2, 0) is 6.54 Å². The summed E-state index contributed by atoms with van der Waals surface area (Å²) >= 11 is 0. The highest BCUT2D eigenvalue weighted by Crippen LogP contribution is 2.12. The first kappa shape index (κ1) is 12.0. The Bertz CT molecular complexity index is 523. The van der Waals surface area contributed by atoms with Gasteiger partial charge >= 0.3 is 0 Å². The van der Waals surface area contributed by atoms with E-state index < -0.39 is 0 Å². The zero-order chi connectivity index (χ0) is 13.0. The number of nitrogens with two attached hydrogens (primary N) is 1. The van der Waals surface area contributed by atoms with Crippen molar-refractivity contribution in [2.45, 2.75) is 13.5 Å². The summed E-state index contributed by atoms with van der Waals surface area (Å²) in [6.45, 7) is 2.43. The van der Waals surface area contributed by atoms with E-state index in [-0.39, 0.29) is 5.95 Å². The summed E-state index contributed by atoms with van der Waals surface area (Å²) in [4.78, 5) is 16.5. The summed E-state index contributed by atoms with van der Waals surface area (Å²) in [6, 6.07) is 1.78. The number of aryl methyl sites for hydroxylation is 1. The second-order valence-electron chi connectivity index (χ2n) is 3.75. The van der Waals surface area contributed by atoms with Crippen LogP contribution in [0.5, 0.6) is 0 Å². The fourth-order valence-electron chi connectivity index (χ4n) is 1.38. The van der Waals surface area contributed by atoms with Gasteiger partial charge in [-0.3, -0.25) is 9.97 Å². The SMILES string of the molecule is CNc1cc(NCc2cnc(C)cn2)nc(N)n1. The lowest BCUT2D eigenvalue weighted by Crippen LogP contribution is -2.07. The summed E-state index contributed by atoms with van der Waals surface area (Å²) in [5.41, 5.74) is 7.32. The first-order valence-electron chi connectivity index (χ1n) is 5.51. The Labute approximate surface area is 105 Å². The van der Waals surface area contributed by atoms with Crippen molar-refractivity contribution >= 4 is 17.6 Å². The molecule has 2 heterocycles. The molecule has 0 aliphatic rings. The molecule has 0 bridgehead atoms. The van der Waals surface area contributed by atoms with Gasteiger partial charge in [0.1, 0.15) is 11.6 Å². The molecule has 2 aromatic heterocycles. The maximum Gasteiger partial charge on any atom is 0.223 e. The number of rotatable bonds is 4. The second kappa shape index (κ2) is 5.26. The number of aromatic nitrogens is 4. The van der Waals surface area contributed by atoms with Crippen LogP contribution in [0.4, 0.5) is 17.6 Å². The number of anilines is 3. The molecular formula is C11H15N7. The van der Waals surface area contributed by atoms with Crippen LogP contribution in [0.2, 0.25) is 0 Å². The molecule has 4 N–H and O–H groups in total. The van der Waals surface area contributed by atoms with E-state index in [1.54, 1.807) is 25.5 Å². The van der Waals surface area contributed by atoms with Gasteiger partial charge in [0.05, 0.1) is 24.1 Å². The van der Waals surface area contributed by atoms with Gasteiger partial charge in [-0.1, -0.05) is 0 Å². The van der Waals surface area contributed by atoms with Crippen molar-refractivity contribution < 1.29 is 0 Å². The third-order valence-corrected chi connectivity index (χ3v) is 2.28. The first-order valence-corrected chi connectivity index (χ1v) is 5.51. The molecule has 94 valence electrons. The molecule has 7 heteroatoms. The third-order valence-electron chi connectivity index (χ3n) is 2.28. The molecule has 0 saturated carbocycles. The van der Waals surface area contributed by atoms with E-state index in [1.165, 1.54) is 0 Å². The van der Waals surface area contributed by atoms with Crippen molar-refractivity contribution in [3.05, 3.63) is 29.8 Å². The third kappa shape index (κ3) is 3.03. The number of nitrogens with zero attached hydrogens (tertiary/aromatic N) is 4. The van der Waals surface area contributed by atoms with Crippen molar-refractivity contribution in [1.82, 2.24) is 19.9 Å². The van der Waals surface area contributed by atoms with Gasteiger partial charge in [-0.05, 0) is 6.92 Å². The molecule has 0 radical (unpaired) electrons. The molecule has 0 amide bonds. The minimum absolute atomic E-state index is 0.222. The fraction of sp³-hybridized carbons (Fsp3) is 0.273. The summed E-state index contributed by atoms with van der Waals surface area (Å²) in [7, 11) is 1.77. The Morgan fingerprint density at radius 1 is 1.17 bits per heavy atom. The van der Waals surface area contributed by atoms with Crippen LogP contribution in [0, 0.1) is 6.92 Å². The highest BCUT2D eigenvalue weighted by atomic mass is 15.1. The molecule has 0 aliphatic carbocycles. The van der Waals surface area contributed by atoms with E-state index in [0.29, 0.717) is 18.2 Å². The predicted octanol–water partition coefficient (Wildman–Crippen LogP) is 0.811. The Balaban J connectivity index is 2.05. The fourth-order valence-corrected chi connectivity index (χ4v) is 1.38. The monoisotopic (exact) mass is 245 g/mol. The van der Waals surface area contributed by atoms with Gasteiger partial charge in [0, 0.05) is 19.3 Å². The minimum Gasteiger partial charge on any atom is -0.373 e. The van der Waals surface area contributed by atoms with Crippen LogP contribution in [0.3, 0.4) is 0 Å². The number of nitrogen functional groups attached to an aromatic ring is 1. The molecule has 18 heavy (non-hydrogen) atoms. The Hall–Kier alpha value is -2.44. The van der Waals surface area contributed by atoms with Crippen molar-refractivity contribution in [3.63, 3.8) is 0 Å². The number of hydrogen-bond donors (Lipinski definition) is 3. The molecule has 0 fully saturated rings. The van der Waals surface area contributed by atoms with E-state index in [1.807, 2.05) is 6.92 Å². The molecule has 0 unspecified atom stereocenters. The zero-order valence-corrected chi connectivity index (χ0v) is 10.3. The van der Waals surface area contributed by atoms with Crippen LogP contribution in [-0.4, -0.2) is 27.0 Å². The minimum atomic E-state index is 0.222. The van der Waals surface area contributed by atoms with Crippen LogP contribution in [0.15, 0.2) is 18.5 Å². The van der Waals surface area contributed by atoms with E-state index in [9.17, 15) is 0 Å². The summed E-state index contributed by atoms with van der Waals surface area (Å²) in [5.74, 6) is 1.54. The standard InChI is InChI=1S/C11H15N7/c1-7-4-15-8(5-14-7)6-16-10-3-9(13-2)17-11(12)18-10/h3-5H,6H2,1-2H3,(H4,12,13,16,17,18). The average Bonchev–Trinajstić information content (AvgIpc) is 2.37. The van der Waals surface area contributed by atoms with Crippen LogP contribution in [0.25, 0.3) is 0 Å². The number of hydrogen-bond acceptors (Lipinski definition) is 7. The lowest BCUT2D eigenvalue weighted by molar-refractivity contribution is 0.974. The molecule has 0 saturated heterocycles. The Morgan fingerprint density at radius 3 is 2.61 bits per heavy atom. The van der Waals surface area contributed by atoms with Gasteiger partial charge < -0.3 is 16.4 Å². The van der Waals surface area contributed by atoms with Gasteiger partial charge in [0.2, 0.25) is 5.95 Å². The van der Waals surface area contributed by atoms with Crippen molar-refractivity contribution in [2.24, 2.45) is 0 Å². The van der Waals surface area contributed by atoms with Crippen LogP contribution >= 0.6 is 0 Å². The molecule has 0 atom stereocenters. The maximum atomic E-state index is 5.59. The molecule has 2 rings (SSSR count). The van der Waals surface area contributed by atoms with Gasteiger partial charge in [0.25, 0.3) is 0 Å². The second-order valence-corrected chi connectivity index (χ2v) is 3.75. The highest BCUT2D eigenvalue weighted by Gasteiger charge is 2.01. The zero-order valence-electron chi connectivity index (χ0n) is 10.3. The lowest BCUT2D eigenvalue weighted by atomic mass is 10.4. The Kier molecular flexibility index (Phi) is 3.52. The van der Waals surface area contributed by atoms with E-state index >= 15 is 0 Å². The average molecular weight is 245 g/mol. The smallest absolute Gasteiger partial charge is 0.223 e. The summed E-state index contributed by atoms with van der Waals surface area (Å²) in [5, 5.41) is 6.04. The molecule has 0 spiro atoms. The van der Waals surface area contributed by atoms with Crippen molar-refractivity contribution in [3.8, 4) is 0 Å². The first-order chi connectivity index (χ1) is 8.67.